The van der Waals surface area contributed by atoms with Gasteiger partial charge in [-0.05, 0) is 23.6 Å². The molecule has 0 aliphatic carbocycles. The predicted molar refractivity (Wildman–Crippen MR) is 65.9 cm³/mol. The minimum absolute atomic E-state index is 0.172. The van der Waals surface area contributed by atoms with Crippen molar-refractivity contribution in [3.8, 4) is 0 Å². The van der Waals surface area contributed by atoms with Crippen molar-refractivity contribution < 1.29 is 4.79 Å². The second-order valence-electron chi connectivity index (χ2n) is 3.94. The molecule has 0 aromatic heterocycles. The topological polar surface area (TPSA) is 20.3 Å². The zero-order valence-electron chi connectivity index (χ0n) is 9.33. The predicted octanol–water partition coefficient (Wildman–Crippen LogP) is 3.03. The Kier molecular flexibility index (Phi) is 4.33. The fourth-order valence-corrected chi connectivity index (χ4v) is 1.62. The molecule has 0 N–H and O–H groups in total. The molecule has 1 aromatic carbocycles. The second-order valence-corrected chi connectivity index (χ2v) is 4.86. The van der Waals surface area contributed by atoms with Crippen LogP contribution in [-0.4, -0.2) is 24.9 Å². The number of hydrogen-bond donors (Lipinski definition) is 0. The van der Waals surface area contributed by atoms with Crippen LogP contribution in [0.4, 0.5) is 0 Å². The second kappa shape index (κ2) is 5.31. The number of nitrogens with zero attached hydrogens (tertiary/aromatic N) is 1. The van der Waals surface area contributed by atoms with Crippen molar-refractivity contribution in [1.82, 2.24) is 4.90 Å². The quantitative estimate of drug-likeness (QED) is 0.826. The van der Waals surface area contributed by atoms with E-state index in [1.807, 2.05) is 12.1 Å². The Hall–Kier alpha value is -0.830. The summed E-state index contributed by atoms with van der Waals surface area (Å²) in [5, 5.41) is 0. The van der Waals surface area contributed by atoms with Crippen LogP contribution in [0.5, 0.6) is 0 Å². The molecule has 0 aliphatic heterocycles. The standard InChI is InChI=1S/C12H16BrNO/c1-9(8-12(15)14(2)3)10-4-6-11(13)7-5-10/h4-7,9H,8H2,1-3H3. The normalized spacial score (nSPS) is 12.3. The highest BCUT2D eigenvalue weighted by molar-refractivity contribution is 9.10. The van der Waals surface area contributed by atoms with Crippen molar-refractivity contribution in [2.24, 2.45) is 0 Å². The Labute approximate surface area is 99.4 Å². The first kappa shape index (κ1) is 12.2. The Bertz CT molecular complexity index is 332. The van der Waals surface area contributed by atoms with E-state index in [0.717, 1.165) is 4.47 Å². The van der Waals surface area contributed by atoms with Gasteiger partial charge in [0.1, 0.15) is 0 Å². The largest absolute Gasteiger partial charge is 0.349 e. The minimum Gasteiger partial charge on any atom is -0.349 e. The van der Waals surface area contributed by atoms with Crippen LogP contribution in [0.1, 0.15) is 24.8 Å². The van der Waals surface area contributed by atoms with Crippen LogP contribution in [0.2, 0.25) is 0 Å². The van der Waals surface area contributed by atoms with Crippen LogP contribution in [0.25, 0.3) is 0 Å². The minimum atomic E-state index is 0.172. The molecule has 0 fully saturated rings. The Morgan fingerprint density at radius 1 is 1.33 bits per heavy atom. The van der Waals surface area contributed by atoms with E-state index in [0.29, 0.717) is 6.42 Å². The third kappa shape index (κ3) is 3.67. The summed E-state index contributed by atoms with van der Waals surface area (Å²) < 4.78 is 1.07. The first-order valence-electron chi connectivity index (χ1n) is 4.96. The van der Waals surface area contributed by atoms with Crippen molar-refractivity contribution in [3.63, 3.8) is 0 Å². The highest BCUT2D eigenvalue weighted by Crippen LogP contribution is 2.21. The zero-order chi connectivity index (χ0) is 11.4. The summed E-state index contributed by atoms with van der Waals surface area (Å²) in [4.78, 5) is 13.1. The zero-order valence-corrected chi connectivity index (χ0v) is 10.9. The van der Waals surface area contributed by atoms with Crippen molar-refractivity contribution in [2.45, 2.75) is 19.3 Å². The molecule has 0 aliphatic rings. The third-order valence-corrected chi connectivity index (χ3v) is 2.95. The lowest BCUT2D eigenvalue weighted by molar-refractivity contribution is -0.129. The van der Waals surface area contributed by atoms with Gasteiger partial charge in [0.2, 0.25) is 5.91 Å². The number of hydrogen-bond acceptors (Lipinski definition) is 1. The van der Waals surface area contributed by atoms with E-state index in [2.05, 4.69) is 35.0 Å². The van der Waals surface area contributed by atoms with Gasteiger partial charge >= 0.3 is 0 Å². The molecule has 0 bridgehead atoms. The van der Waals surface area contributed by atoms with Gasteiger partial charge in [-0.15, -0.1) is 0 Å². The fourth-order valence-electron chi connectivity index (χ4n) is 1.35. The van der Waals surface area contributed by atoms with E-state index in [1.54, 1.807) is 19.0 Å². The highest BCUT2D eigenvalue weighted by atomic mass is 79.9. The molecule has 0 saturated heterocycles. The van der Waals surface area contributed by atoms with E-state index in [9.17, 15) is 4.79 Å². The molecule has 2 nitrogen and oxygen atoms in total. The average Bonchev–Trinajstić information content (AvgIpc) is 2.18. The van der Waals surface area contributed by atoms with E-state index in [4.69, 9.17) is 0 Å². The summed E-state index contributed by atoms with van der Waals surface area (Å²) in [5.41, 5.74) is 1.20. The van der Waals surface area contributed by atoms with Crippen LogP contribution < -0.4 is 0 Å². The van der Waals surface area contributed by atoms with Crippen molar-refractivity contribution in [2.75, 3.05) is 14.1 Å². The summed E-state index contributed by atoms with van der Waals surface area (Å²) in [6, 6.07) is 8.12. The molecular formula is C12H16BrNO. The van der Waals surface area contributed by atoms with Crippen molar-refractivity contribution in [1.29, 1.82) is 0 Å². The van der Waals surface area contributed by atoms with E-state index in [-0.39, 0.29) is 11.8 Å². The maximum Gasteiger partial charge on any atom is 0.222 e. The van der Waals surface area contributed by atoms with Gasteiger partial charge in [-0.2, -0.15) is 0 Å². The molecule has 1 aromatic rings. The summed E-state index contributed by atoms with van der Waals surface area (Å²) >= 11 is 3.39. The number of benzene rings is 1. The van der Waals surface area contributed by atoms with Gasteiger partial charge in [-0.3, -0.25) is 4.79 Å². The van der Waals surface area contributed by atoms with E-state index in [1.165, 1.54) is 5.56 Å². The maximum atomic E-state index is 11.5. The lowest BCUT2D eigenvalue weighted by atomic mass is 9.97. The van der Waals surface area contributed by atoms with Gasteiger partial charge in [0.25, 0.3) is 0 Å². The Morgan fingerprint density at radius 3 is 2.33 bits per heavy atom. The van der Waals surface area contributed by atoms with Crippen LogP contribution in [-0.2, 0) is 4.79 Å². The number of rotatable bonds is 3. The van der Waals surface area contributed by atoms with Gasteiger partial charge in [0, 0.05) is 25.0 Å². The summed E-state index contributed by atoms with van der Waals surface area (Å²) in [6.07, 6.45) is 0.564. The lowest BCUT2D eigenvalue weighted by Gasteiger charge is -2.15. The van der Waals surface area contributed by atoms with E-state index >= 15 is 0 Å². The third-order valence-electron chi connectivity index (χ3n) is 2.42. The van der Waals surface area contributed by atoms with Crippen LogP contribution in [0.15, 0.2) is 28.7 Å². The molecule has 0 heterocycles. The van der Waals surface area contributed by atoms with Crippen LogP contribution in [0, 0.1) is 0 Å². The molecule has 1 unspecified atom stereocenters. The summed E-state index contributed by atoms with van der Waals surface area (Å²) in [7, 11) is 3.58. The van der Waals surface area contributed by atoms with Crippen molar-refractivity contribution >= 4 is 21.8 Å². The van der Waals surface area contributed by atoms with Gasteiger partial charge in [-0.25, -0.2) is 0 Å². The highest BCUT2D eigenvalue weighted by Gasteiger charge is 2.12. The average molecular weight is 270 g/mol. The molecule has 15 heavy (non-hydrogen) atoms. The van der Waals surface area contributed by atoms with Crippen LogP contribution in [0.3, 0.4) is 0 Å². The molecule has 0 spiro atoms. The van der Waals surface area contributed by atoms with Crippen molar-refractivity contribution in [3.05, 3.63) is 34.3 Å². The SMILES string of the molecule is CC(CC(=O)N(C)C)c1ccc(Br)cc1. The molecule has 1 amide bonds. The molecular weight excluding hydrogens is 254 g/mol. The number of carbonyl (C=O) groups excluding carboxylic acids is 1. The Morgan fingerprint density at radius 2 is 1.87 bits per heavy atom. The molecule has 0 saturated carbocycles. The Balaban J connectivity index is 2.65. The maximum absolute atomic E-state index is 11.5. The van der Waals surface area contributed by atoms with Gasteiger partial charge < -0.3 is 4.90 Å². The molecule has 1 atom stereocenters. The first-order chi connectivity index (χ1) is 7.00. The molecule has 82 valence electrons. The van der Waals surface area contributed by atoms with Gasteiger partial charge in [-0.1, -0.05) is 35.0 Å². The molecule has 1 rings (SSSR count). The molecule has 3 heteroatoms. The monoisotopic (exact) mass is 269 g/mol. The smallest absolute Gasteiger partial charge is 0.222 e. The van der Waals surface area contributed by atoms with Crippen LogP contribution >= 0.6 is 15.9 Å². The van der Waals surface area contributed by atoms with Gasteiger partial charge in [0.15, 0.2) is 0 Å². The number of carbonyl (C=O) groups is 1. The lowest BCUT2D eigenvalue weighted by Crippen LogP contribution is -2.22. The first-order valence-corrected chi connectivity index (χ1v) is 5.75. The van der Waals surface area contributed by atoms with E-state index < -0.39 is 0 Å². The number of amides is 1. The fraction of sp³-hybridized carbons (Fsp3) is 0.417. The summed E-state index contributed by atoms with van der Waals surface area (Å²) in [6.45, 7) is 2.07. The van der Waals surface area contributed by atoms with Gasteiger partial charge in [0.05, 0.1) is 0 Å². The summed E-state index contributed by atoms with van der Waals surface area (Å²) in [5.74, 6) is 0.443. The number of halogens is 1. The molecule has 0 radical (unpaired) electrons.